The molecule has 3 heteroatoms. The molecule has 0 spiro atoms. The van der Waals surface area contributed by atoms with E-state index in [9.17, 15) is 5.11 Å². The minimum Gasteiger partial charge on any atom is -0.508 e. The Kier molecular flexibility index (Phi) is 4.40. The van der Waals surface area contributed by atoms with Crippen LogP contribution in [0, 0.1) is 0 Å². The fourth-order valence-electron chi connectivity index (χ4n) is 2.41. The number of hydrogen-bond donors (Lipinski definition) is 3. The molecule has 0 saturated carbocycles. The number of rotatable bonds is 5. The van der Waals surface area contributed by atoms with Gasteiger partial charge in [-0.25, -0.2) is 0 Å². The molecule has 2 unspecified atom stereocenters. The van der Waals surface area contributed by atoms with Gasteiger partial charge >= 0.3 is 0 Å². The Morgan fingerprint density at radius 2 is 2.29 bits per heavy atom. The quantitative estimate of drug-likeness (QED) is 0.730. The van der Waals surface area contributed by atoms with Crippen molar-refractivity contribution in [1.29, 1.82) is 0 Å². The highest BCUT2D eigenvalue weighted by Crippen LogP contribution is 2.16. The number of aromatic hydroxyl groups is 1. The molecular weight excluding hydrogens is 212 g/mol. The van der Waals surface area contributed by atoms with Crippen LogP contribution in [0.4, 0.5) is 0 Å². The summed E-state index contributed by atoms with van der Waals surface area (Å²) < 4.78 is 0. The molecule has 1 heterocycles. The normalized spacial score (nSPS) is 21.6. The van der Waals surface area contributed by atoms with E-state index in [0.29, 0.717) is 17.8 Å². The van der Waals surface area contributed by atoms with Gasteiger partial charge in [0.15, 0.2) is 0 Å². The van der Waals surface area contributed by atoms with Crippen LogP contribution in [0.2, 0.25) is 0 Å². The van der Waals surface area contributed by atoms with Crippen LogP contribution in [-0.2, 0) is 6.54 Å². The van der Waals surface area contributed by atoms with E-state index in [-0.39, 0.29) is 0 Å². The number of para-hydroxylation sites is 1. The highest BCUT2D eigenvalue weighted by molar-refractivity contribution is 5.31. The Morgan fingerprint density at radius 1 is 1.47 bits per heavy atom. The first kappa shape index (κ1) is 12.4. The van der Waals surface area contributed by atoms with E-state index in [4.69, 9.17) is 0 Å². The van der Waals surface area contributed by atoms with Gasteiger partial charge in [-0.05, 0) is 38.8 Å². The third kappa shape index (κ3) is 3.72. The molecule has 2 atom stereocenters. The molecule has 0 aromatic heterocycles. The van der Waals surface area contributed by atoms with Crippen molar-refractivity contribution < 1.29 is 5.11 Å². The predicted octanol–water partition coefficient (Wildman–Crippen LogP) is 2.01. The van der Waals surface area contributed by atoms with Gasteiger partial charge in [-0.3, -0.25) is 0 Å². The van der Waals surface area contributed by atoms with E-state index in [1.165, 1.54) is 12.8 Å². The lowest BCUT2D eigenvalue weighted by atomic mass is 10.1. The van der Waals surface area contributed by atoms with Crippen LogP contribution in [0.15, 0.2) is 24.3 Å². The number of benzene rings is 1. The summed E-state index contributed by atoms with van der Waals surface area (Å²) in [5.41, 5.74) is 0.971. The molecule has 1 aliphatic heterocycles. The van der Waals surface area contributed by atoms with Gasteiger partial charge in [0.25, 0.3) is 0 Å². The maximum absolute atomic E-state index is 9.66. The van der Waals surface area contributed by atoms with Gasteiger partial charge < -0.3 is 15.7 Å². The van der Waals surface area contributed by atoms with Gasteiger partial charge in [0, 0.05) is 24.2 Å². The van der Waals surface area contributed by atoms with Crippen LogP contribution in [0.25, 0.3) is 0 Å². The smallest absolute Gasteiger partial charge is 0.120 e. The molecular formula is C14H22N2O. The molecule has 0 aliphatic carbocycles. The molecule has 0 bridgehead atoms. The first-order valence-corrected chi connectivity index (χ1v) is 6.49. The average Bonchev–Trinajstić information content (AvgIpc) is 2.81. The van der Waals surface area contributed by atoms with Gasteiger partial charge in [-0.2, -0.15) is 0 Å². The lowest BCUT2D eigenvalue weighted by Gasteiger charge is -2.18. The van der Waals surface area contributed by atoms with Crippen molar-refractivity contribution in [2.75, 3.05) is 6.54 Å². The summed E-state index contributed by atoms with van der Waals surface area (Å²) in [6.45, 7) is 4.11. The molecule has 1 aromatic carbocycles. The van der Waals surface area contributed by atoms with Gasteiger partial charge in [-0.1, -0.05) is 18.2 Å². The monoisotopic (exact) mass is 234 g/mol. The van der Waals surface area contributed by atoms with Crippen LogP contribution in [0.5, 0.6) is 5.75 Å². The first-order valence-electron chi connectivity index (χ1n) is 6.49. The zero-order valence-electron chi connectivity index (χ0n) is 10.4. The van der Waals surface area contributed by atoms with Crippen LogP contribution < -0.4 is 10.6 Å². The summed E-state index contributed by atoms with van der Waals surface area (Å²) >= 11 is 0. The second kappa shape index (κ2) is 6.03. The Bertz CT molecular complexity index is 348. The Hall–Kier alpha value is -1.06. The summed E-state index contributed by atoms with van der Waals surface area (Å²) in [5.74, 6) is 0.381. The van der Waals surface area contributed by atoms with Crippen LogP contribution in [0.3, 0.4) is 0 Å². The minimum atomic E-state index is 0.381. The molecule has 1 fully saturated rings. The summed E-state index contributed by atoms with van der Waals surface area (Å²) in [6, 6.07) is 8.65. The Labute approximate surface area is 103 Å². The van der Waals surface area contributed by atoms with E-state index in [2.05, 4.69) is 17.6 Å². The summed E-state index contributed by atoms with van der Waals surface area (Å²) in [6.07, 6.45) is 3.76. The van der Waals surface area contributed by atoms with E-state index in [1.807, 2.05) is 18.2 Å². The molecule has 0 radical (unpaired) electrons. The zero-order valence-corrected chi connectivity index (χ0v) is 10.4. The molecule has 2 rings (SSSR count). The molecule has 1 aliphatic rings. The lowest BCUT2D eigenvalue weighted by Crippen LogP contribution is -2.33. The fourth-order valence-corrected chi connectivity index (χ4v) is 2.41. The van der Waals surface area contributed by atoms with Crippen molar-refractivity contribution in [3.8, 4) is 5.75 Å². The topological polar surface area (TPSA) is 44.3 Å². The minimum absolute atomic E-state index is 0.381. The highest BCUT2D eigenvalue weighted by atomic mass is 16.3. The van der Waals surface area contributed by atoms with Gasteiger partial charge in [-0.15, -0.1) is 0 Å². The number of nitrogens with one attached hydrogen (secondary N) is 2. The van der Waals surface area contributed by atoms with Crippen LogP contribution >= 0.6 is 0 Å². The van der Waals surface area contributed by atoms with Crippen molar-refractivity contribution in [2.45, 2.75) is 44.8 Å². The van der Waals surface area contributed by atoms with Gasteiger partial charge in [0.05, 0.1) is 0 Å². The van der Waals surface area contributed by atoms with E-state index < -0.39 is 0 Å². The van der Waals surface area contributed by atoms with Crippen molar-refractivity contribution >= 4 is 0 Å². The van der Waals surface area contributed by atoms with Gasteiger partial charge in [0.2, 0.25) is 0 Å². The maximum Gasteiger partial charge on any atom is 0.120 e. The number of phenolic OH excluding ortho intramolecular Hbond substituents is 1. The fraction of sp³-hybridized carbons (Fsp3) is 0.571. The third-order valence-electron chi connectivity index (χ3n) is 3.43. The zero-order chi connectivity index (χ0) is 12.1. The lowest BCUT2D eigenvalue weighted by molar-refractivity contribution is 0.428. The average molecular weight is 234 g/mol. The largest absolute Gasteiger partial charge is 0.508 e. The second-order valence-corrected chi connectivity index (χ2v) is 4.94. The van der Waals surface area contributed by atoms with E-state index >= 15 is 0 Å². The Balaban J connectivity index is 1.75. The molecule has 17 heavy (non-hydrogen) atoms. The van der Waals surface area contributed by atoms with Crippen molar-refractivity contribution in [3.63, 3.8) is 0 Å². The molecule has 94 valence electrons. The Morgan fingerprint density at radius 3 is 3.00 bits per heavy atom. The molecule has 0 amide bonds. The molecule has 3 N–H and O–H groups in total. The maximum atomic E-state index is 9.66. The SMILES string of the molecule is CC(CC1CCCN1)NCc1ccccc1O. The van der Waals surface area contributed by atoms with Crippen molar-refractivity contribution in [2.24, 2.45) is 0 Å². The molecule has 3 nitrogen and oxygen atoms in total. The second-order valence-electron chi connectivity index (χ2n) is 4.94. The molecule has 1 aromatic rings. The van der Waals surface area contributed by atoms with E-state index in [1.54, 1.807) is 6.07 Å². The molecule has 1 saturated heterocycles. The summed E-state index contributed by atoms with van der Waals surface area (Å²) in [4.78, 5) is 0. The van der Waals surface area contributed by atoms with Crippen molar-refractivity contribution in [1.82, 2.24) is 10.6 Å². The summed E-state index contributed by atoms with van der Waals surface area (Å²) in [5, 5.41) is 16.6. The van der Waals surface area contributed by atoms with E-state index in [0.717, 1.165) is 25.1 Å². The van der Waals surface area contributed by atoms with Crippen molar-refractivity contribution in [3.05, 3.63) is 29.8 Å². The number of phenols is 1. The number of hydrogen-bond acceptors (Lipinski definition) is 3. The predicted molar refractivity (Wildman–Crippen MR) is 70.1 cm³/mol. The highest BCUT2D eigenvalue weighted by Gasteiger charge is 2.16. The summed E-state index contributed by atoms with van der Waals surface area (Å²) in [7, 11) is 0. The first-order chi connectivity index (χ1) is 8.25. The third-order valence-corrected chi connectivity index (χ3v) is 3.43. The standard InChI is InChI=1S/C14H22N2O/c1-11(9-13-6-4-8-15-13)16-10-12-5-2-3-7-14(12)17/h2-3,5,7,11,13,15-17H,4,6,8-10H2,1H3. The van der Waals surface area contributed by atoms with Gasteiger partial charge in [0.1, 0.15) is 5.75 Å². The van der Waals surface area contributed by atoms with Crippen LogP contribution in [-0.4, -0.2) is 23.7 Å². The van der Waals surface area contributed by atoms with Crippen LogP contribution in [0.1, 0.15) is 31.7 Å².